The number of aromatic nitrogens is 4. The molecule has 4 heterocycles. The van der Waals surface area contributed by atoms with E-state index in [4.69, 9.17) is 23.2 Å². The van der Waals surface area contributed by atoms with Crippen molar-refractivity contribution in [2.75, 3.05) is 0 Å². The number of benzene rings is 1. The highest BCUT2D eigenvalue weighted by molar-refractivity contribution is 7.12. The summed E-state index contributed by atoms with van der Waals surface area (Å²) in [7, 11) is 0. The van der Waals surface area contributed by atoms with Crippen LogP contribution >= 0.6 is 45.9 Å². The summed E-state index contributed by atoms with van der Waals surface area (Å²) < 4.78 is 4.26. The van der Waals surface area contributed by atoms with Crippen LogP contribution in [0.1, 0.15) is 17.0 Å². The van der Waals surface area contributed by atoms with Crippen molar-refractivity contribution in [1.82, 2.24) is 24.0 Å². The summed E-state index contributed by atoms with van der Waals surface area (Å²) in [5.41, 5.74) is 3.22. The lowest BCUT2D eigenvalue weighted by molar-refractivity contribution is 0.239. The fourth-order valence-corrected chi connectivity index (χ4v) is 5.50. The van der Waals surface area contributed by atoms with Crippen molar-refractivity contribution in [2.45, 2.75) is 19.6 Å². The average molecular weight is 500 g/mol. The van der Waals surface area contributed by atoms with Crippen LogP contribution in [0.15, 0.2) is 78.0 Å². The first-order chi connectivity index (χ1) is 15.7. The van der Waals surface area contributed by atoms with Crippen molar-refractivity contribution >= 4 is 45.9 Å². The molecule has 4 aromatic heterocycles. The van der Waals surface area contributed by atoms with Crippen LogP contribution in [-0.4, -0.2) is 24.0 Å². The first kappa shape index (κ1) is 21.4. The standard InChI is InChI=1S/C23H19Cl2N5S2/c24-20-6-1-7-21(25)19(20)16-28(14-17-4-2-10-29(17)22-26-8-12-31-22)15-18-5-3-11-30(18)23-27-9-13-32-23/h1-13H,14-16H2. The molecule has 0 saturated heterocycles. The van der Waals surface area contributed by atoms with Crippen LogP contribution in [-0.2, 0) is 19.6 Å². The Hall–Kier alpha value is -2.42. The van der Waals surface area contributed by atoms with Crippen molar-refractivity contribution < 1.29 is 0 Å². The maximum Gasteiger partial charge on any atom is 0.193 e. The van der Waals surface area contributed by atoms with E-state index in [1.54, 1.807) is 22.7 Å². The second kappa shape index (κ2) is 9.60. The van der Waals surface area contributed by atoms with Crippen molar-refractivity contribution in [2.24, 2.45) is 0 Å². The van der Waals surface area contributed by atoms with Gasteiger partial charge in [0, 0.05) is 82.2 Å². The van der Waals surface area contributed by atoms with E-state index in [0.29, 0.717) is 29.7 Å². The lowest BCUT2D eigenvalue weighted by Gasteiger charge is -2.24. The Bertz CT molecular complexity index is 1200. The Morgan fingerprint density at radius 2 is 1.25 bits per heavy atom. The maximum atomic E-state index is 6.52. The van der Waals surface area contributed by atoms with Gasteiger partial charge in [-0.1, -0.05) is 29.3 Å². The van der Waals surface area contributed by atoms with Gasteiger partial charge in [0.1, 0.15) is 0 Å². The smallest absolute Gasteiger partial charge is 0.193 e. The molecule has 0 aliphatic heterocycles. The molecule has 0 aliphatic carbocycles. The van der Waals surface area contributed by atoms with Crippen LogP contribution < -0.4 is 0 Å². The third-order valence-electron chi connectivity index (χ3n) is 5.13. The molecule has 0 fully saturated rings. The van der Waals surface area contributed by atoms with Gasteiger partial charge in [-0.25, -0.2) is 9.97 Å². The van der Waals surface area contributed by atoms with Gasteiger partial charge in [0.15, 0.2) is 10.3 Å². The van der Waals surface area contributed by atoms with Gasteiger partial charge in [0.25, 0.3) is 0 Å². The van der Waals surface area contributed by atoms with Crippen molar-refractivity contribution in [1.29, 1.82) is 0 Å². The molecule has 162 valence electrons. The molecular weight excluding hydrogens is 481 g/mol. The van der Waals surface area contributed by atoms with Crippen LogP contribution in [0.2, 0.25) is 10.0 Å². The average Bonchev–Trinajstić information content (AvgIpc) is 3.58. The van der Waals surface area contributed by atoms with Crippen LogP contribution in [0.3, 0.4) is 0 Å². The van der Waals surface area contributed by atoms with E-state index < -0.39 is 0 Å². The van der Waals surface area contributed by atoms with E-state index in [0.717, 1.165) is 27.2 Å². The minimum absolute atomic E-state index is 0.616. The molecule has 5 nitrogen and oxygen atoms in total. The van der Waals surface area contributed by atoms with Gasteiger partial charge in [0.2, 0.25) is 0 Å². The van der Waals surface area contributed by atoms with Gasteiger partial charge < -0.3 is 0 Å². The van der Waals surface area contributed by atoms with E-state index in [1.807, 2.05) is 53.7 Å². The molecule has 0 atom stereocenters. The van der Waals surface area contributed by atoms with Gasteiger partial charge in [0.05, 0.1) is 0 Å². The Kier molecular flexibility index (Phi) is 6.43. The third kappa shape index (κ3) is 4.53. The largest absolute Gasteiger partial charge is 0.296 e. The van der Waals surface area contributed by atoms with E-state index >= 15 is 0 Å². The summed E-state index contributed by atoms with van der Waals surface area (Å²) in [6.07, 6.45) is 7.75. The van der Waals surface area contributed by atoms with Crippen LogP contribution in [0.25, 0.3) is 10.3 Å². The summed E-state index contributed by atoms with van der Waals surface area (Å²) in [4.78, 5) is 11.3. The lowest BCUT2D eigenvalue weighted by atomic mass is 10.2. The monoisotopic (exact) mass is 499 g/mol. The van der Waals surface area contributed by atoms with E-state index in [9.17, 15) is 0 Å². The molecule has 0 saturated carbocycles. The van der Waals surface area contributed by atoms with Crippen molar-refractivity contribution in [3.8, 4) is 10.3 Å². The second-order valence-corrected chi connectivity index (χ2v) is 9.77. The van der Waals surface area contributed by atoms with Crippen LogP contribution in [0, 0.1) is 0 Å². The van der Waals surface area contributed by atoms with E-state index in [-0.39, 0.29) is 0 Å². The van der Waals surface area contributed by atoms with Crippen LogP contribution in [0.5, 0.6) is 0 Å². The first-order valence-electron chi connectivity index (χ1n) is 9.96. The Balaban J connectivity index is 1.48. The highest BCUT2D eigenvalue weighted by atomic mass is 35.5. The first-order valence-corrected chi connectivity index (χ1v) is 12.5. The molecule has 9 heteroatoms. The predicted octanol–water partition coefficient (Wildman–Crippen LogP) is 6.69. The molecule has 0 aliphatic rings. The number of nitrogens with zero attached hydrogens (tertiary/aromatic N) is 5. The summed E-state index contributed by atoms with van der Waals surface area (Å²) in [6, 6.07) is 14.0. The maximum absolute atomic E-state index is 6.52. The molecular formula is C23H19Cl2N5S2. The number of halogens is 2. The molecule has 1 aromatic carbocycles. The van der Waals surface area contributed by atoms with Gasteiger partial charge >= 0.3 is 0 Å². The highest BCUT2D eigenvalue weighted by Gasteiger charge is 2.17. The second-order valence-electron chi connectivity index (χ2n) is 7.21. The molecule has 0 bridgehead atoms. The summed E-state index contributed by atoms with van der Waals surface area (Å²) in [5, 5.41) is 7.22. The molecule has 0 radical (unpaired) electrons. The number of thiazole rings is 2. The third-order valence-corrected chi connectivity index (χ3v) is 7.38. The zero-order valence-corrected chi connectivity index (χ0v) is 20.1. The number of rotatable bonds is 8. The summed E-state index contributed by atoms with van der Waals surface area (Å²) >= 11 is 16.3. The normalized spacial score (nSPS) is 11.5. The summed E-state index contributed by atoms with van der Waals surface area (Å²) in [5.74, 6) is 0. The quantitative estimate of drug-likeness (QED) is 0.238. The minimum Gasteiger partial charge on any atom is -0.296 e. The molecule has 0 spiro atoms. The fraction of sp³-hybridized carbons (Fsp3) is 0.130. The molecule has 0 N–H and O–H groups in total. The Morgan fingerprint density at radius 1 is 0.719 bits per heavy atom. The zero-order chi connectivity index (χ0) is 21.9. The van der Waals surface area contributed by atoms with Gasteiger partial charge in [-0.15, -0.1) is 22.7 Å². The molecule has 32 heavy (non-hydrogen) atoms. The van der Waals surface area contributed by atoms with Crippen molar-refractivity contribution in [3.05, 3.63) is 105 Å². The van der Waals surface area contributed by atoms with E-state index in [1.165, 1.54) is 0 Å². The molecule has 0 unspecified atom stereocenters. The lowest BCUT2D eigenvalue weighted by Crippen LogP contribution is -2.25. The molecule has 0 amide bonds. The van der Waals surface area contributed by atoms with Crippen molar-refractivity contribution in [3.63, 3.8) is 0 Å². The SMILES string of the molecule is Clc1cccc(Cl)c1CN(Cc1cccn1-c1nccs1)Cc1cccn1-c1nccs1. The zero-order valence-electron chi connectivity index (χ0n) is 16.9. The summed E-state index contributed by atoms with van der Waals surface area (Å²) in [6.45, 7) is 2.03. The predicted molar refractivity (Wildman–Crippen MR) is 132 cm³/mol. The Labute approximate surface area is 204 Å². The van der Waals surface area contributed by atoms with Gasteiger partial charge in [-0.2, -0.15) is 0 Å². The van der Waals surface area contributed by atoms with Gasteiger partial charge in [-0.3, -0.25) is 14.0 Å². The fourth-order valence-electron chi connectivity index (χ4n) is 3.67. The topological polar surface area (TPSA) is 38.9 Å². The highest BCUT2D eigenvalue weighted by Crippen LogP contribution is 2.28. The van der Waals surface area contributed by atoms with Gasteiger partial charge in [-0.05, 0) is 36.4 Å². The Morgan fingerprint density at radius 3 is 1.72 bits per heavy atom. The van der Waals surface area contributed by atoms with E-state index in [2.05, 4.69) is 48.3 Å². The minimum atomic E-state index is 0.616. The molecule has 5 aromatic rings. The number of hydrogen-bond donors (Lipinski definition) is 0. The number of hydrogen-bond acceptors (Lipinski definition) is 5. The van der Waals surface area contributed by atoms with Crippen LogP contribution in [0.4, 0.5) is 0 Å². The molecule has 5 rings (SSSR count).